The molecule has 0 unspecified atom stereocenters. The molecule has 130 valence electrons. The van der Waals surface area contributed by atoms with Crippen LogP contribution in [-0.4, -0.2) is 18.4 Å². The number of rotatable bonds is 2. The Labute approximate surface area is 140 Å². The Morgan fingerprint density at radius 1 is 1.26 bits per heavy atom. The summed E-state index contributed by atoms with van der Waals surface area (Å²) in [6, 6.07) is 0. The monoisotopic (exact) mass is 320 g/mol. The summed E-state index contributed by atoms with van der Waals surface area (Å²) >= 11 is 0. The van der Waals surface area contributed by atoms with Gasteiger partial charge in [0.2, 0.25) is 6.29 Å². The van der Waals surface area contributed by atoms with Crippen LogP contribution in [0.1, 0.15) is 73.1 Å². The lowest BCUT2D eigenvalue weighted by Gasteiger charge is -2.46. The van der Waals surface area contributed by atoms with E-state index in [1.807, 2.05) is 0 Å². The number of carbonyl (C=O) groups is 1. The molecule has 5 atom stereocenters. The third-order valence-corrected chi connectivity index (χ3v) is 6.45. The van der Waals surface area contributed by atoms with Crippen LogP contribution < -0.4 is 0 Å². The molecule has 3 aliphatic rings. The minimum atomic E-state index is -0.346. The van der Waals surface area contributed by atoms with Crippen LogP contribution in [0.25, 0.3) is 0 Å². The van der Waals surface area contributed by atoms with Gasteiger partial charge in [-0.05, 0) is 55.8 Å². The van der Waals surface area contributed by atoms with Gasteiger partial charge < -0.3 is 9.47 Å². The van der Waals surface area contributed by atoms with Gasteiger partial charge in [0.05, 0.1) is 6.10 Å². The number of fused-ring (bicyclic) bond motifs is 1. The van der Waals surface area contributed by atoms with Crippen molar-refractivity contribution in [1.82, 2.24) is 0 Å². The molecular weight excluding hydrogens is 288 g/mol. The SMILES string of the molecule is CC(=O)O[C@@H]1O[C@H](C)[C@H]2CC([C@@]3(C)CCCC(C)(C)C3)=CC[C@@H]12. The fourth-order valence-corrected chi connectivity index (χ4v) is 5.42. The van der Waals surface area contributed by atoms with Crippen molar-refractivity contribution >= 4 is 5.97 Å². The molecule has 0 aromatic carbocycles. The standard InChI is InChI=1S/C20H32O3/c1-13-17-11-15(20(5)10-6-9-19(3,4)12-20)7-8-16(17)18(22-13)23-14(2)21/h7,13,16-18H,6,8-12H2,1-5H3/t13-,16-,17-,18+,20+/m1/s1. The Morgan fingerprint density at radius 2 is 2.00 bits per heavy atom. The average Bonchev–Trinajstić information content (AvgIpc) is 2.73. The smallest absolute Gasteiger partial charge is 0.304 e. The summed E-state index contributed by atoms with van der Waals surface area (Å²) in [4.78, 5) is 11.3. The molecule has 3 nitrogen and oxygen atoms in total. The first kappa shape index (κ1) is 17.0. The molecule has 0 bridgehead atoms. The zero-order valence-corrected chi connectivity index (χ0v) is 15.4. The van der Waals surface area contributed by atoms with E-state index >= 15 is 0 Å². The zero-order chi connectivity index (χ0) is 16.8. The summed E-state index contributed by atoms with van der Waals surface area (Å²) in [7, 11) is 0. The Kier molecular flexibility index (Phi) is 4.37. The van der Waals surface area contributed by atoms with Crippen molar-refractivity contribution in [2.24, 2.45) is 22.7 Å². The number of allylic oxidation sites excluding steroid dienone is 2. The quantitative estimate of drug-likeness (QED) is 0.539. The molecule has 0 radical (unpaired) electrons. The third kappa shape index (κ3) is 3.35. The first-order chi connectivity index (χ1) is 10.7. The van der Waals surface area contributed by atoms with Crippen LogP contribution in [0.15, 0.2) is 11.6 Å². The lowest BCUT2D eigenvalue weighted by atomic mass is 9.58. The summed E-state index contributed by atoms with van der Waals surface area (Å²) in [6.07, 6.45) is 9.63. The molecule has 1 saturated carbocycles. The first-order valence-electron chi connectivity index (χ1n) is 9.22. The van der Waals surface area contributed by atoms with Gasteiger partial charge in [0, 0.05) is 12.8 Å². The summed E-state index contributed by atoms with van der Waals surface area (Å²) < 4.78 is 11.4. The number of hydrogen-bond acceptors (Lipinski definition) is 3. The summed E-state index contributed by atoms with van der Waals surface area (Å²) in [5.74, 6) is 0.581. The number of hydrogen-bond donors (Lipinski definition) is 0. The molecule has 3 heteroatoms. The summed E-state index contributed by atoms with van der Waals surface area (Å²) in [5.41, 5.74) is 2.42. The van der Waals surface area contributed by atoms with Crippen LogP contribution in [0.5, 0.6) is 0 Å². The fraction of sp³-hybridized carbons (Fsp3) is 0.850. The lowest BCUT2D eigenvalue weighted by molar-refractivity contribution is -0.177. The zero-order valence-electron chi connectivity index (χ0n) is 15.4. The van der Waals surface area contributed by atoms with Crippen LogP contribution in [0.4, 0.5) is 0 Å². The Hall–Kier alpha value is -0.830. The van der Waals surface area contributed by atoms with Crippen molar-refractivity contribution in [3.63, 3.8) is 0 Å². The van der Waals surface area contributed by atoms with Crippen LogP contribution in [0.3, 0.4) is 0 Å². The van der Waals surface area contributed by atoms with Gasteiger partial charge in [-0.3, -0.25) is 4.79 Å². The summed E-state index contributed by atoms with van der Waals surface area (Å²) in [6.45, 7) is 10.9. The first-order valence-corrected chi connectivity index (χ1v) is 9.22. The Bertz CT molecular complexity index is 507. The maximum absolute atomic E-state index is 11.3. The van der Waals surface area contributed by atoms with E-state index in [9.17, 15) is 4.79 Å². The van der Waals surface area contributed by atoms with Crippen molar-refractivity contribution < 1.29 is 14.3 Å². The van der Waals surface area contributed by atoms with Crippen molar-refractivity contribution in [3.05, 3.63) is 11.6 Å². The molecule has 0 spiro atoms. The Balaban J connectivity index is 1.76. The molecule has 1 aliphatic heterocycles. The van der Waals surface area contributed by atoms with E-state index in [1.165, 1.54) is 32.6 Å². The van der Waals surface area contributed by atoms with E-state index in [4.69, 9.17) is 9.47 Å². The molecular formula is C20H32O3. The molecule has 0 amide bonds. The van der Waals surface area contributed by atoms with E-state index in [0.717, 1.165) is 12.8 Å². The highest BCUT2D eigenvalue weighted by Gasteiger charge is 2.48. The van der Waals surface area contributed by atoms with Crippen molar-refractivity contribution in [3.8, 4) is 0 Å². The minimum Gasteiger partial charge on any atom is -0.436 e. The normalized spacial score (nSPS) is 42.7. The molecule has 23 heavy (non-hydrogen) atoms. The van der Waals surface area contributed by atoms with Gasteiger partial charge in [-0.15, -0.1) is 0 Å². The van der Waals surface area contributed by atoms with Crippen molar-refractivity contribution in [1.29, 1.82) is 0 Å². The van der Waals surface area contributed by atoms with Crippen LogP contribution in [-0.2, 0) is 14.3 Å². The molecule has 1 saturated heterocycles. The molecule has 2 fully saturated rings. The van der Waals surface area contributed by atoms with E-state index in [1.54, 1.807) is 5.57 Å². The van der Waals surface area contributed by atoms with Gasteiger partial charge in [-0.25, -0.2) is 0 Å². The number of carbonyl (C=O) groups excluding carboxylic acids is 1. The Morgan fingerprint density at radius 3 is 2.65 bits per heavy atom. The second kappa shape index (κ2) is 5.91. The van der Waals surface area contributed by atoms with Crippen molar-refractivity contribution in [2.75, 3.05) is 0 Å². The van der Waals surface area contributed by atoms with Gasteiger partial charge in [-0.1, -0.05) is 38.8 Å². The van der Waals surface area contributed by atoms with Gasteiger partial charge in [-0.2, -0.15) is 0 Å². The predicted octanol–water partition coefficient (Wildman–Crippen LogP) is 4.85. The van der Waals surface area contributed by atoms with E-state index in [2.05, 4.69) is 33.8 Å². The predicted molar refractivity (Wildman–Crippen MR) is 90.8 cm³/mol. The van der Waals surface area contributed by atoms with Gasteiger partial charge in [0.25, 0.3) is 0 Å². The second-order valence-corrected chi connectivity index (χ2v) is 9.07. The molecule has 0 aromatic heterocycles. The third-order valence-electron chi connectivity index (χ3n) is 6.45. The molecule has 3 rings (SSSR count). The van der Waals surface area contributed by atoms with E-state index in [-0.39, 0.29) is 18.4 Å². The minimum absolute atomic E-state index is 0.174. The van der Waals surface area contributed by atoms with E-state index in [0.29, 0.717) is 22.7 Å². The lowest BCUT2D eigenvalue weighted by Crippen LogP contribution is -2.36. The van der Waals surface area contributed by atoms with Crippen LogP contribution >= 0.6 is 0 Å². The molecule has 0 aromatic rings. The second-order valence-electron chi connectivity index (χ2n) is 9.07. The largest absolute Gasteiger partial charge is 0.436 e. The van der Waals surface area contributed by atoms with Crippen molar-refractivity contribution in [2.45, 2.75) is 85.5 Å². The van der Waals surface area contributed by atoms with E-state index < -0.39 is 0 Å². The highest BCUT2D eigenvalue weighted by Crippen LogP contribution is 2.54. The van der Waals surface area contributed by atoms with Gasteiger partial charge in [0.1, 0.15) is 0 Å². The highest BCUT2D eigenvalue weighted by molar-refractivity contribution is 5.66. The average molecular weight is 320 g/mol. The van der Waals surface area contributed by atoms with Gasteiger partial charge in [0.15, 0.2) is 0 Å². The number of ether oxygens (including phenoxy) is 2. The number of esters is 1. The maximum atomic E-state index is 11.3. The van der Waals surface area contributed by atoms with Crippen LogP contribution in [0.2, 0.25) is 0 Å². The molecule has 0 N–H and O–H groups in total. The fourth-order valence-electron chi connectivity index (χ4n) is 5.42. The molecule has 1 heterocycles. The highest BCUT2D eigenvalue weighted by atomic mass is 16.7. The topological polar surface area (TPSA) is 35.5 Å². The molecule has 2 aliphatic carbocycles. The summed E-state index contributed by atoms with van der Waals surface area (Å²) in [5, 5.41) is 0. The maximum Gasteiger partial charge on any atom is 0.304 e. The van der Waals surface area contributed by atoms with Crippen LogP contribution in [0, 0.1) is 22.7 Å². The van der Waals surface area contributed by atoms with Gasteiger partial charge >= 0.3 is 5.97 Å².